The summed E-state index contributed by atoms with van der Waals surface area (Å²) in [5.41, 5.74) is 1.01. The minimum absolute atomic E-state index is 0.378. The van der Waals surface area contributed by atoms with Crippen LogP contribution in [-0.4, -0.2) is 34.7 Å². The molecule has 1 rings (SSSR count). The Labute approximate surface area is 125 Å². The van der Waals surface area contributed by atoms with Gasteiger partial charge >= 0.3 is 0 Å². The zero-order valence-corrected chi connectivity index (χ0v) is 14.2. The molecule has 2 N–H and O–H groups in total. The Balaban J connectivity index is 2.68. The van der Waals surface area contributed by atoms with Crippen molar-refractivity contribution in [1.29, 1.82) is 0 Å². The van der Waals surface area contributed by atoms with E-state index in [1.54, 1.807) is 13.2 Å². The zero-order chi connectivity index (χ0) is 15.2. The molecule has 1 heterocycles. The van der Waals surface area contributed by atoms with E-state index in [2.05, 4.69) is 23.9 Å². The summed E-state index contributed by atoms with van der Waals surface area (Å²) in [7, 11) is -1.79. The first-order valence-corrected chi connectivity index (χ1v) is 8.98. The van der Waals surface area contributed by atoms with E-state index >= 15 is 0 Å². The molecule has 0 atom stereocenters. The molecule has 0 aromatic carbocycles. The van der Waals surface area contributed by atoms with Crippen molar-refractivity contribution < 1.29 is 13.2 Å². The van der Waals surface area contributed by atoms with Crippen LogP contribution in [0.15, 0.2) is 10.3 Å². The van der Waals surface area contributed by atoms with Crippen LogP contribution in [0.1, 0.15) is 30.7 Å². The van der Waals surface area contributed by atoms with Crippen LogP contribution in [0, 0.1) is 6.92 Å². The van der Waals surface area contributed by atoms with Crippen molar-refractivity contribution in [3.05, 3.63) is 16.5 Å². The number of nitrogens with one attached hydrogen (secondary N) is 2. The number of rotatable bonds is 9. The van der Waals surface area contributed by atoms with Crippen LogP contribution in [0.3, 0.4) is 0 Å². The Bertz CT molecular complexity index is 510. The molecule has 0 aliphatic rings. The quantitative estimate of drug-likeness (QED) is 0.682. The third-order valence-corrected chi connectivity index (χ3v) is 5.92. The van der Waals surface area contributed by atoms with Crippen molar-refractivity contribution in [1.82, 2.24) is 10.0 Å². The van der Waals surface area contributed by atoms with Gasteiger partial charge in [0.05, 0.1) is 0 Å². The molecular weight excluding hydrogens is 296 g/mol. The van der Waals surface area contributed by atoms with Crippen LogP contribution in [0.5, 0.6) is 0 Å². The highest BCUT2D eigenvalue weighted by Crippen LogP contribution is 2.25. The first-order chi connectivity index (χ1) is 9.36. The van der Waals surface area contributed by atoms with Gasteiger partial charge < -0.3 is 10.1 Å². The fraction of sp³-hybridized carbons (Fsp3) is 0.692. The minimum Gasteiger partial charge on any atom is -0.385 e. The lowest BCUT2D eigenvalue weighted by molar-refractivity contribution is 0.196. The van der Waals surface area contributed by atoms with Crippen LogP contribution in [-0.2, 0) is 21.3 Å². The van der Waals surface area contributed by atoms with E-state index in [1.807, 2.05) is 6.92 Å². The second-order valence-corrected chi connectivity index (χ2v) is 8.08. The summed E-state index contributed by atoms with van der Waals surface area (Å²) >= 11 is 1.33. The monoisotopic (exact) mass is 320 g/mol. The molecule has 0 aliphatic heterocycles. The van der Waals surface area contributed by atoms with Gasteiger partial charge in [-0.25, -0.2) is 13.1 Å². The highest BCUT2D eigenvalue weighted by atomic mass is 32.2. The number of ether oxygens (including phenoxy) is 1. The third-order valence-electron chi connectivity index (χ3n) is 2.75. The molecule has 20 heavy (non-hydrogen) atoms. The van der Waals surface area contributed by atoms with Gasteiger partial charge in [0.25, 0.3) is 0 Å². The van der Waals surface area contributed by atoms with Crippen molar-refractivity contribution in [3.63, 3.8) is 0 Å². The molecule has 0 saturated carbocycles. The van der Waals surface area contributed by atoms with Crippen LogP contribution in [0.25, 0.3) is 0 Å². The summed E-state index contributed by atoms with van der Waals surface area (Å²) in [6.45, 7) is 7.73. The average Bonchev–Trinajstić information content (AvgIpc) is 2.74. The first-order valence-electron chi connectivity index (χ1n) is 6.68. The SMILES string of the molecule is COCCCNS(=O)(=O)c1cc(C)c(CNC(C)C)s1. The number of aryl methyl sites for hydroxylation is 1. The van der Waals surface area contributed by atoms with Crippen molar-refractivity contribution in [3.8, 4) is 0 Å². The highest BCUT2D eigenvalue weighted by Gasteiger charge is 2.18. The van der Waals surface area contributed by atoms with E-state index < -0.39 is 10.0 Å². The van der Waals surface area contributed by atoms with Gasteiger partial charge in [-0.1, -0.05) is 13.8 Å². The fourth-order valence-electron chi connectivity index (χ4n) is 1.59. The lowest BCUT2D eigenvalue weighted by Crippen LogP contribution is -2.24. The maximum atomic E-state index is 12.1. The molecule has 0 spiro atoms. The maximum Gasteiger partial charge on any atom is 0.250 e. The molecule has 116 valence electrons. The summed E-state index contributed by atoms with van der Waals surface area (Å²) in [6.07, 6.45) is 0.669. The number of hydrogen-bond donors (Lipinski definition) is 2. The molecule has 0 fully saturated rings. The van der Waals surface area contributed by atoms with E-state index in [0.717, 1.165) is 10.4 Å². The summed E-state index contributed by atoms with van der Waals surface area (Å²) in [4.78, 5) is 1.07. The Morgan fingerprint density at radius 1 is 1.40 bits per heavy atom. The smallest absolute Gasteiger partial charge is 0.250 e. The van der Waals surface area contributed by atoms with Crippen molar-refractivity contribution in [2.75, 3.05) is 20.3 Å². The van der Waals surface area contributed by atoms with Gasteiger partial charge in [0.15, 0.2) is 0 Å². The Morgan fingerprint density at radius 2 is 2.10 bits per heavy atom. The molecule has 0 unspecified atom stereocenters. The third kappa shape index (κ3) is 5.49. The molecule has 0 aliphatic carbocycles. The topological polar surface area (TPSA) is 67.4 Å². The van der Waals surface area contributed by atoms with Gasteiger partial charge in [0.1, 0.15) is 4.21 Å². The Kier molecular flexibility index (Phi) is 7.11. The zero-order valence-electron chi connectivity index (χ0n) is 12.5. The average molecular weight is 320 g/mol. The molecule has 1 aromatic heterocycles. The summed E-state index contributed by atoms with van der Waals surface area (Å²) in [5.74, 6) is 0. The van der Waals surface area contributed by atoms with Gasteiger partial charge in [-0.2, -0.15) is 0 Å². The highest BCUT2D eigenvalue weighted by molar-refractivity contribution is 7.91. The van der Waals surface area contributed by atoms with E-state index in [-0.39, 0.29) is 0 Å². The number of thiophene rings is 1. The van der Waals surface area contributed by atoms with E-state index in [1.165, 1.54) is 11.3 Å². The lowest BCUT2D eigenvalue weighted by atomic mass is 10.3. The predicted molar refractivity (Wildman–Crippen MR) is 82.7 cm³/mol. The Hall–Kier alpha value is -0.470. The van der Waals surface area contributed by atoms with E-state index in [4.69, 9.17) is 4.74 Å². The van der Waals surface area contributed by atoms with Gasteiger partial charge in [-0.3, -0.25) is 0 Å². The second-order valence-electron chi connectivity index (χ2n) is 4.95. The van der Waals surface area contributed by atoms with Gasteiger partial charge in [0, 0.05) is 37.7 Å². The lowest BCUT2D eigenvalue weighted by Gasteiger charge is -2.06. The summed E-state index contributed by atoms with van der Waals surface area (Å²) in [6, 6.07) is 2.12. The van der Waals surface area contributed by atoms with Crippen molar-refractivity contribution in [2.24, 2.45) is 0 Å². The molecule has 0 radical (unpaired) electrons. The fourth-order valence-corrected chi connectivity index (χ4v) is 4.25. The molecule has 0 bridgehead atoms. The largest absolute Gasteiger partial charge is 0.385 e. The van der Waals surface area contributed by atoms with Gasteiger partial charge in [-0.15, -0.1) is 11.3 Å². The summed E-state index contributed by atoms with van der Waals surface area (Å²) in [5, 5.41) is 3.31. The molecule has 1 aromatic rings. The van der Waals surface area contributed by atoms with Crippen molar-refractivity contribution >= 4 is 21.4 Å². The van der Waals surface area contributed by atoms with Crippen LogP contribution >= 0.6 is 11.3 Å². The molecule has 5 nitrogen and oxygen atoms in total. The number of methoxy groups -OCH3 is 1. The van der Waals surface area contributed by atoms with Crippen LogP contribution < -0.4 is 10.0 Å². The molecular formula is C13H24N2O3S2. The van der Waals surface area contributed by atoms with Gasteiger partial charge in [-0.05, 0) is 25.0 Å². The van der Waals surface area contributed by atoms with Crippen LogP contribution in [0.2, 0.25) is 0 Å². The Morgan fingerprint density at radius 3 is 2.70 bits per heavy atom. The normalized spacial score (nSPS) is 12.2. The van der Waals surface area contributed by atoms with Crippen LogP contribution in [0.4, 0.5) is 0 Å². The molecule has 0 amide bonds. The minimum atomic E-state index is -3.40. The maximum absolute atomic E-state index is 12.1. The van der Waals surface area contributed by atoms with Crippen molar-refractivity contribution in [2.45, 2.75) is 44.0 Å². The standard InChI is InChI=1S/C13H24N2O3S2/c1-10(2)14-9-12-11(3)8-13(19-12)20(16,17)15-6-5-7-18-4/h8,10,14-15H,5-7,9H2,1-4H3. The summed E-state index contributed by atoms with van der Waals surface area (Å²) < 4.78 is 32.2. The van der Waals surface area contributed by atoms with Gasteiger partial charge in [0.2, 0.25) is 10.0 Å². The second kappa shape index (κ2) is 8.09. The van der Waals surface area contributed by atoms with E-state index in [0.29, 0.717) is 36.4 Å². The van der Waals surface area contributed by atoms with E-state index in [9.17, 15) is 8.42 Å². The first kappa shape index (κ1) is 17.6. The molecule has 0 saturated heterocycles. The molecule has 7 heteroatoms. The number of sulfonamides is 1. The predicted octanol–water partition coefficient (Wildman–Crippen LogP) is 1.87. The number of hydrogen-bond acceptors (Lipinski definition) is 5.